The van der Waals surface area contributed by atoms with Gasteiger partial charge in [-0.15, -0.1) is 0 Å². The van der Waals surface area contributed by atoms with E-state index in [-0.39, 0.29) is 25.0 Å². The minimum absolute atomic E-state index is 0.207. The quantitative estimate of drug-likeness (QED) is 0.748. The smallest absolute Gasteiger partial charge is 0.322 e. The van der Waals surface area contributed by atoms with Gasteiger partial charge in [0.15, 0.2) is 0 Å². The Bertz CT molecular complexity index is 434. The number of amides is 1. The van der Waals surface area contributed by atoms with Crippen LogP contribution in [0.15, 0.2) is 30.3 Å². The number of benzene rings is 1. The third-order valence-electron chi connectivity index (χ3n) is 3.24. The molecule has 0 bridgehead atoms. The molecule has 1 unspecified atom stereocenters. The van der Waals surface area contributed by atoms with Crippen LogP contribution in [-0.4, -0.2) is 48.1 Å². The first kappa shape index (κ1) is 16.2. The number of hydrogen-bond acceptors (Lipinski definition) is 3. The second-order valence-corrected chi connectivity index (χ2v) is 4.84. The second-order valence-electron chi connectivity index (χ2n) is 4.84. The summed E-state index contributed by atoms with van der Waals surface area (Å²) in [5, 5.41) is 10.9. The first-order valence-electron chi connectivity index (χ1n) is 6.75. The van der Waals surface area contributed by atoms with Gasteiger partial charge in [0.25, 0.3) is 0 Å². The molecule has 0 aliphatic heterocycles. The van der Waals surface area contributed by atoms with Crippen LogP contribution in [0.3, 0.4) is 0 Å². The normalized spacial score (nSPS) is 12.2. The third-order valence-corrected chi connectivity index (χ3v) is 3.24. The fourth-order valence-electron chi connectivity index (χ4n) is 2.08. The van der Waals surface area contributed by atoms with Crippen molar-refractivity contribution in [1.82, 2.24) is 10.2 Å². The zero-order chi connectivity index (χ0) is 15.0. The molecule has 0 aromatic heterocycles. The van der Waals surface area contributed by atoms with E-state index in [1.54, 1.807) is 0 Å². The van der Waals surface area contributed by atoms with E-state index >= 15 is 0 Å². The molecule has 0 saturated carbocycles. The Labute approximate surface area is 119 Å². The van der Waals surface area contributed by atoms with Crippen molar-refractivity contribution in [2.75, 3.05) is 20.1 Å². The molecule has 1 aromatic rings. The Morgan fingerprint density at radius 3 is 2.50 bits per heavy atom. The lowest BCUT2D eigenvalue weighted by molar-refractivity contribution is -0.138. The summed E-state index contributed by atoms with van der Waals surface area (Å²) < 4.78 is 0. The summed E-state index contributed by atoms with van der Waals surface area (Å²) in [6.07, 6.45) is 1.80. The number of rotatable bonds is 8. The number of nitrogens with zero attached hydrogens (tertiary/aromatic N) is 1. The topological polar surface area (TPSA) is 69.6 Å². The van der Waals surface area contributed by atoms with E-state index in [0.717, 1.165) is 12.8 Å². The Morgan fingerprint density at radius 1 is 1.30 bits per heavy atom. The average molecular weight is 278 g/mol. The van der Waals surface area contributed by atoms with E-state index in [1.807, 2.05) is 30.1 Å². The number of carboxylic acids is 1. The Morgan fingerprint density at radius 2 is 1.95 bits per heavy atom. The molecular weight excluding hydrogens is 256 g/mol. The van der Waals surface area contributed by atoms with Crippen LogP contribution < -0.4 is 5.32 Å². The third kappa shape index (κ3) is 5.84. The first-order chi connectivity index (χ1) is 9.52. The van der Waals surface area contributed by atoms with Crippen LogP contribution in [0, 0.1) is 0 Å². The molecule has 0 heterocycles. The van der Waals surface area contributed by atoms with Crippen LogP contribution in [0.1, 0.15) is 18.9 Å². The van der Waals surface area contributed by atoms with Crippen molar-refractivity contribution < 1.29 is 14.7 Å². The van der Waals surface area contributed by atoms with E-state index in [1.165, 1.54) is 5.56 Å². The molecule has 5 nitrogen and oxygen atoms in total. The highest BCUT2D eigenvalue weighted by Crippen LogP contribution is 2.10. The number of likely N-dealkylation sites (N-methyl/N-ethyl adjacent to an activating group) is 1. The Kier molecular flexibility index (Phi) is 6.73. The van der Waals surface area contributed by atoms with Gasteiger partial charge in [0.05, 0.1) is 6.54 Å². The molecule has 1 aromatic carbocycles. The molecule has 5 heteroatoms. The van der Waals surface area contributed by atoms with Gasteiger partial charge in [-0.3, -0.25) is 14.5 Å². The predicted octanol–water partition coefficient (Wildman–Crippen LogP) is 1.14. The average Bonchev–Trinajstić information content (AvgIpc) is 2.43. The maximum absolute atomic E-state index is 11.6. The zero-order valence-corrected chi connectivity index (χ0v) is 12.0. The molecule has 110 valence electrons. The van der Waals surface area contributed by atoms with Gasteiger partial charge >= 0.3 is 5.97 Å². The maximum atomic E-state index is 11.6. The number of carbonyl (C=O) groups excluding carboxylic acids is 1. The van der Waals surface area contributed by atoms with E-state index in [9.17, 15) is 9.59 Å². The molecule has 0 aliphatic rings. The van der Waals surface area contributed by atoms with Crippen LogP contribution in [0.25, 0.3) is 0 Å². The van der Waals surface area contributed by atoms with Crippen molar-refractivity contribution in [3.63, 3.8) is 0 Å². The lowest BCUT2D eigenvalue weighted by atomic mass is 10.0. The summed E-state index contributed by atoms with van der Waals surface area (Å²) in [7, 11) is 1.89. The fraction of sp³-hybridized carbons (Fsp3) is 0.467. The van der Waals surface area contributed by atoms with Crippen molar-refractivity contribution >= 4 is 11.9 Å². The minimum atomic E-state index is -1.03. The van der Waals surface area contributed by atoms with E-state index in [4.69, 9.17) is 5.11 Å². The molecule has 0 radical (unpaired) electrons. The summed E-state index contributed by atoms with van der Waals surface area (Å²) in [5.41, 5.74) is 1.23. The van der Waals surface area contributed by atoms with Crippen LogP contribution in [0.2, 0.25) is 0 Å². The van der Waals surface area contributed by atoms with Crippen molar-refractivity contribution in [3.05, 3.63) is 35.9 Å². The van der Waals surface area contributed by atoms with Gasteiger partial charge in [0.1, 0.15) is 6.54 Å². The van der Waals surface area contributed by atoms with Gasteiger partial charge in [-0.2, -0.15) is 0 Å². The van der Waals surface area contributed by atoms with Gasteiger partial charge in [-0.25, -0.2) is 0 Å². The molecule has 1 amide bonds. The number of hydrogen-bond donors (Lipinski definition) is 2. The largest absolute Gasteiger partial charge is 0.480 e. The first-order valence-corrected chi connectivity index (χ1v) is 6.75. The number of carbonyl (C=O) groups is 2. The molecule has 1 rings (SSSR count). The lowest BCUT2D eigenvalue weighted by Crippen LogP contribution is -2.42. The fourth-order valence-corrected chi connectivity index (χ4v) is 2.08. The highest BCUT2D eigenvalue weighted by molar-refractivity contribution is 5.82. The van der Waals surface area contributed by atoms with Crippen LogP contribution in [0.4, 0.5) is 0 Å². The Balaban J connectivity index is 2.48. The Hall–Kier alpha value is -1.88. The van der Waals surface area contributed by atoms with Crippen molar-refractivity contribution in [2.45, 2.75) is 25.8 Å². The highest BCUT2D eigenvalue weighted by Gasteiger charge is 2.16. The molecule has 0 aliphatic carbocycles. The number of nitrogens with one attached hydrogen (secondary N) is 1. The van der Waals surface area contributed by atoms with Gasteiger partial charge in [0.2, 0.25) is 5.91 Å². The summed E-state index contributed by atoms with van der Waals surface area (Å²) in [4.78, 5) is 24.0. The summed E-state index contributed by atoms with van der Waals surface area (Å²) in [6, 6.07) is 10.4. The van der Waals surface area contributed by atoms with E-state index in [0.29, 0.717) is 0 Å². The standard InChI is InChI=1S/C15H22N2O3/c1-3-13(9-12-7-5-4-6-8-12)17(2)11-14(18)16-10-15(19)20/h4-8,13H,3,9-11H2,1-2H3,(H,16,18)(H,19,20). The summed E-state index contributed by atoms with van der Waals surface area (Å²) in [5.74, 6) is -1.29. The van der Waals surface area contributed by atoms with Crippen molar-refractivity contribution in [3.8, 4) is 0 Å². The van der Waals surface area contributed by atoms with Crippen molar-refractivity contribution in [2.24, 2.45) is 0 Å². The monoisotopic (exact) mass is 278 g/mol. The second kappa shape index (κ2) is 8.32. The van der Waals surface area contributed by atoms with Crippen LogP contribution in [-0.2, 0) is 16.0 Å². The summed E-state index contributed by atoms with van der Waals surface area (Å²) in [6.45, 7) is 1.96. The van der Waals surface area contributed by atoms with Crippen LogP contribution in [0.5, 0.6) is 0 Å². The molecule has 20 heavy (non-hydrogen) atoms. The molecule has 2 N–H and O–H groups in total. The van der Waals surface area contributed by atoms with Gasteiger partial charge in [0, 0.05) is 6.04 Å². The van der Waals surface area contributed by atoms with Gasteiger partial charge in [-0.05, 0) is 25.5 Å². The summed E-state index contributed by atoms with van der Waals surface area (Å²) >= 11 is 0. The minimum Gasteiger partial charge on any atom is -0.480 e. The SMILES string of the molecule is CCC(Cc1ccccc1)N(C)CC(=O)NCC(=O)O. The lowest BCUT2D eigenvalue weighted by Gasteiger charge is -2.26. The zero-order valence-electron chi connectivity index (χ0n) is 12.0. The molecule has 1 atom stereocenters. The molecular formula is C15H22N2O3. The number of carboxylic acid groups (broad SMARTS) is 1. The van der Waals surface area contributed by atoms with E-state index < -0.39 is 5.97 Å². The van der Waals surface area contributed by atoms with Crippen LogP contribution >= 0.6 is 0 Å². The molecule has 0 saturated heterocycles. The molecule has 0 spiro atoms. The van der Waals surface area contributed by atoms with Gasteiger partial charge in [-0.1, -0.05) is 37.3 Å². The highest BCUT2D eigenvalue weighted by atomic mass is 16.4. The predicted molar refractivity (Wildman–Crippen MR) is 77.5 cm³/mol. The van der Waals surface area contributed by atoms with Crippen molar-refractivity contribution in [1.29, 1.82) is 0 Å². The van der Waals surface area contributed by atoms with Gasteiger partial charge < -0.3 is 10.4 Å². The maximum Gasteiger partial charge on any atom is 0.322 e. The van der Waals surface area contributed by atoms with E-state index in [2.05, 4.69) is 24.4 Å². The number of aliphatic carboxylic acids is 1. The molecule has 0 fully saturated rings.